The summed E-state index contributed by atoms with van der Waals surface area (Å²) in [6.07, 6.45) is 0. The second-order valence-corrected chi connectivity index (χ2v) is 8.28. The number of rotatable bonds is 6. The number of benzene rings is 3. The Morgan fingerprint density at radius 1 is 0.871 bits per heavy atom. The molecule has 4 nitrogen and oxygen atoms in total. The van der Waals surface area contributed by atoms with E-state index < -0.39 is 0 Å². The third-order valence-electron chi connectivity index (χ3n) is 6.34. The molecule has 1 heterocycles. The van der Waals surface area contributed by atoms with E-state index in [-0.39, 0.29) is 18.6 Å². The summed E-state index contributed by atoms with van der Waals surface area (Å²) in [6, 6.07) is 27.6. The fourth-order valence-electron chi connectivity index (χ4n) is 4.40. The molecule has 0 aliphatic carbocycles. The molecule has 0 radical (unpaired) electrons. The lowest BCUT2D eigenvalue weighted by Crippen LogP contribution is -3.15. The van der Waals surface area contributed by atoms with Gasteiger partial charge in [0.2, 0.25) is 0 Å². The first kappa shape index (κ1) is 21.1. The summed E-state index contributed by atoms with van der Waals surface area (Å²) >= 11 is 0. The van der Waals surface area contributed by atoms with Crippen molar-refractivity contribution in [3.63, 3.8) is 0 Å². The maximum absolute atomic E-state index is 12.8. The Morgan fingerprint density at radius 2 is 1.45 bits per heavy atom. The number of quaternary nitrogens is 1. The van der Waals surface area contributed by atoms with E-state index in [9.17, 15) is 4.79 Å². The van der Waals surface area contributed by atoms with Crippen LogP contribution in [0, 0.1) is 13.8 Å². The Hall–Kier alpha value is -3.11. The van der Waals surface area contributed by atoms with Crippen LogP contribution in [0.1, 0.15) is 28.3 Å². The molecule has 4 rings (SSSR count). The van der Waals surface area contributed by atoms with Gasteiger partial charge in [0.1, 0.15) is 11.8 Å². The van der Waals surface area contributed by atoms with Crippen LogP contribution < -0.4 is 9.64 Å². The fourth-order valence-corrected chi connectivity index (χ4v) is 4.40. The number of nitrogens with one attached hydrogen (secondary N) is 1. The molecule has 3 aromatic rings. The smallest absolute Gasteiger partial charge is 0.260 e. The van der Waals surface area contributed by atoms with Crippen LogP contribution in [0.4, 0.5) is 0 Å². The maximum Gasteiger partial charge on any atom is 0.260 e. The summed E-state index contributed by atoms with van der Waals surface area (Å²) in [6.45, 7) is 7.53. The van der Waals surface area contributed by atoms with E-state index in [4.69, 9.17) is 4.74 Å². The predicted octanol–water partition coefficient (Wildman–Crippen LogP) is 3.20. The van der Waals surface area contributed by atoms with Crippen LogP contribution in [0.25, 0.3) is 0 Å². The van der Waals surface area contributed by atoms with Crippen LogP contribution in [0.2, 0.25) is 0 Å². The standard InChI is InChI=1S/C27H30N2O2/c1-21-10-9-15-25(22(21)2)31-20-26(30)28-16-18-29(19-17-28)27(23-11-5-3-6-12-23)24-13-7-4-8-14-24/h3-15,27H,16-20H2,1-2H3/p+1. The van der Waals surface area contributed by atoms with Crippen molar-refractivity contribution in [2.45, 2.75) is 19.9 Å². The van der Waals surface area contributed by atoms with E-state index in [0.29, 0.717) is 0 Å². The third-order valence-corrected chi connectivity index (χ3v) is 6.34. The van der Waals surface area contributed by atoms with Crippen molar-refractivity contribution >= 4 is 5.91 Å². The van der Waals surface area contributed by atoms with E-state index in [2.05, 4.69) is 73.7 Å². The van der Waals surface area contributed by atoms with Gasteiger partial charge in [0.05, 0.1) is 26.2 Å². The summed E-state index contributed by atoms with van der Waals surface area (Å²) < 4.78 is 5.85. The van der Waals surface area contributed by atoms with Crippen molar-refractivity contribution in [2.24, 2.45) is 0 Å². The number of piperazine rings is 1. The molecule has 0 aromatic heterocycles. The topological polar surface area (TPSA) is 34.0 Å². The molecule has 3 aromatic carbocycles. The van der Waals surface area contributed by atoms with Crippen molar-refractivity contribution < 1.29 is 14.4 Å². The Balaban J connectivity index is 1.39. The van der Waals surface area contributed by atoms with Gasteiger partial charge < -0.3 is 14.5 Å². The van der Waals surface area contributed by atoms with Crippen molar-refractivity contribution in [1.29, 1.82) is 0 Å². The molecule has 0 atom stereocenters. The van der Waals surface area contributed by atoms with Crippen LogP contribution in [0.15, 0.2) is 78.9 Å². The largest absolute Gasteiger partial charge is 0.483 e. The number of aryl methyl sites for hydroxylation is 1. The van der Waals surface area contributed by atoms with E-state index in [1.54, 1.807) is 0 Å². The molecule has 1 aliphatic heterocycles. The Bertz CT molecular complexity index is 957. The molecular weight excluding hydrogens is 384 g/mol. The molecule has 1 amide bonds. The van der Waals surface area contributed by atoms with Gasteiger partial charge in [-0.3, -0.25) is 4.79 Å². The average molecular weight is 416 g/mol. The summed E-state index contributed by atoms with van der Waals surface area (Å²) in [4.78, 5) is 16.2. The Labute approximate surface area is 185 Å². The number of carbonyl (C=O) groups is 1. The minimum absolute atomic E-state index is 0.0657. The first-order valence-electron chi connectivity index (χ1n) is 11.0. The number of hydrogen-bond donors (Lipinski definition) is 1. The van der Waals surface area contributed by atoms with Gasteiger partial charge in [-0.25, -0.2) is 0 Å². The number of hydrogen-bond acceptors (Lipinski definition) is 2. The van der Waals surface area contributed by atoms with Gasteiger partial charge in [0, 0.05) is 11.1 Å². The first-order valence-corrected chi connectivity index (χ1v) is 11.0. The van der Waals surface area contributed by atoms with Gasteiger partial charge in [-0.2, -0.15) is 0 Å². The van der Waals surface area contributed by atoms with Gasteiger partial charge >= 0.3 is 0 Å². The maximum atomic E-state index is 12.8. The van der Waals surface area contributed by atoms with Gasteiger partial charge in [0.25, 0.3) is 5.91 Å². The molecule has 4 heteroatoms. The molecule has 160 valence electrons. The fraction of sp³-hybridized carbons (Fsp3) is 0.296. The zero-order valence-corrected chi connectivity index (χ0v) is 18.4. The lowest BCUT2D eigenvalue weighted by atomic mass is 9.96. The van der Waals surface area contributed by atoms with Crippen LogP contribution in [-0.2, 0) is 4.79 Å². The van der Waals surface area contributed by atoms with E-state index in [0.717, 1.165) is 37.5 Å². The van der Waals surface area contributed by atoms with Gasteiger partial charge in [-0.1, -0.05) is 72.8 Å². The molecule has 1 fully saturated rings. The highest BCUT2D eigenvalue weighted by Gasteiger charge is 2.31. The zero-order valence-electron chi connectivity index (χ0n) is 18.4. The third kappa shape index (κ3) is 4.97. The zero-order chi connectivity index (χ0) is 21.6. The van der Waals surface area contributed by atoms with Gasteiger partial charge in [-0.05, 0) is 31.0 Å². The first-order chi connectivity index (χ1) is 15.1. The van der Waals surface area contributed by atoms with Crippen molar-refractivity contribution in [1.82, 2.24) is 4.90 Å². The highest BCUT2D eigenvalue weighted by atomic mass is 16.5. The minimum atomic E-state index is 0.0657. The summed E-state index contributed by atoms with van der Waals surface area (Å²) in [5.74, 6) is 0.863. The van der Waals surface area contributed by atoms with Crippen LogP contribution in [-0.4, -0.2) is 43.6 Å². The highest BCUT2D eigenvalue weighted by Crippen LogP contribution is 2.21. The Morgan fingerprint density at radius 3 is 2.03 bits per heavy atom. The molecule has 1 N–H and O–H groups in total. The van der Waals surface area contributed by atoms with E-state index >= 15 is 0 Å². The second kappa shape index (κ2) is 9.80. The minimum Gasteiger partial charge on any atom is -0.483 e. The molecular formula is C27H31N2O2+. The molecule has 31 heavy (non-hydrogen) atoms. The second-order valence-electron chi connectivity index (χ2n) is 8.28. The molecule has 0 spiro atoms. The molecule has 0 unspecified atom stereocenters. The van der Waals surface area contributed by atoms with E-state index in [1.807, 2.05) is 24.0 Å². The van der Waals surface area contributed by atoms with Crippen LogP contribution in [0.5, 0.6) is 5.75 Å². The normalized spacial score (nSPS) is 14.6. The highest BCUT2D eigenvalue weighted by molar-refractivity contribution is 5.77. The Kier molecular flexibility index (Phi) is 6.68. The average Bonchev–Trinajstić information content (AvgIpc) is 2.82. The monoisotopic (exact) mass is 415 g/mol. The number of nitrogens with zero attached hydrogens (tertiary/aromatic N) is 1. The molecule has 0 saturated carbocycles. The SMILES string of the molecule is Cc1cccc(OCC(=O)N2CC[NH+](C(c3ccccc3)c3ccccc3)CC2)c1C. The van der Waals surface area contributed by atoms with Crippen LogP contribution in [0.3, 0.4) is 0 Å². The predicted molar refractivity (Wildman–Crippen MR) is 123 cm³/mol. The van der Waals surface area contributed by atoms with Crippen molar-refractivity contribution in [3.8, 4) is 5.75 Å². The summed E-state index contributed by atoms with van der Waals surface area (Å²) in [7, 11) is 0. The molecule has 0 bridgehead atoms. The summed E-state index contributed by atoms with van der Waals surface area (Å²) in [5.41, 5.74) is 4.91. The number of carbonyl (C=O) groups excluding carboxylic acids is 1. The quantitative estimate of drug-likeness (QED) is 0.671. The molecule has 1 aliphatic rings. The van der Waals surface area contributed by atoms with Crippen LogP contribution >= 0.6 is 0 Å². The number of ether oxygens (including phenoxy) is 1. The van der Waals surface area contributed by atoms with Crippen molar-refractivity contribution in [3.05, 3.63) is 101 Å². The van der Waals surface area contributed by atoms with Crippen molar-refractivity contribution in [2.75, 3.05) is 32.8 Å². The lowest BCUT2D eigenvalue weighted by molar-refractivity contribution is -0.929. The number of amides is 1. The summed E-state index contributed by atoms with van der Waals surface area (Å²) in [5, 5.41) is 0. The van der Waals surface area contributed by atoms with Gasteiger partial charge in [0.15, 0.2) is 6.61 Å². The van der Waals surface area contributed by atoms with E-state index in [1.165, 1.54) is 21.6 Å². The lowest BCUT2D eigenvalue weighted by Gasteiger charge is -2.37. The molecule has 1 saturated heterocycles. The van der Waals surface area contributed by atoms with Gasteiger partial charge in [-0.15, -0.1) is 0 Å².